The average Bonchev–Trinajstić information content (AvgIpc) is 3.03. The zero-order chi connectivity index (χ0) is 16.8. The van der Waals surface area contributed by atoms with E-state index in [1.165, 1.54) is 4.90 Å². The second-order valence-corrected chi connectivity index (χ2v) is 5.46. The van der Waals surface area contributed by atoms with E-state index < -0.39 is 18.5 Å². The molecule has 1 aliphatic rings. The maximum Gasteiger partial charge on any atom is 0.318 e. The number of urea groups is 1. The molecule has 1 fully saturated rings. The van der Waals surface area contributed by atoms with E-state index in [0.29, 0.717) is 31.5 Å². The van der Waals surface area contributed by atoms with Crippen LogP contribution in [0, 0.1) is 0 Å². The number of hydrogen-bond donors (Lipinski definition) is 2. The highest BCUT2D eigenvalue weighted by Gasteiger charge is 2.34. The van der Waals surface area contributed by atoms with Crippen LogP contribution in [0.3, 0.4) is 0 Å². The minimum absolute atomic E-state index is 0.182. The number of rotatable bonds is 5. The van der Waals surface area contributed by atoms with Crippen molar-refractivity contribution in [3.63, 3.8) is 0 Å². The van der Waals surface area contributed by atoms with Crippen LogP contribution >= 0.6 is 0 Å². The molecule has 1 atom stereocenters. The smallest absolute Gasteiger partial charge is 0.318 e. The first-order chi connectivity index (χ1) is 11.0. The molecule has 2 N–H and O–H groups in total. The molecule has 0 unspecified atom stereocenters. The van der Waals surface area contributed by atoms with E-state index >= 15 is 0 Å². The fourth-order valence-electron chi connectivity index (χ4n) is 2.67. The number of amides is 3. The summed E-state index contributed by atoms with van der Waals surface area (Å²) in [6.45, 7) is 2.90. The number of benzene rings is 1. The molecule has 5 nitrogen and oxygen atoms in total. The van der Waals surface area contributed by atoms with Gasteiger partial charge in [-0.3, -0.25) is 4.79 Å². The van der Waals surface area contributed by atoms with Crippen LogP contribution < -0.4 is 10.6 Å². The SMILES string of the molecule is CCNC(=O)c1cccc(CNC(=O)N2CCC[C@H]2C(F)F)c1. The molecule has 1 aromatic carbocycles. The molecule has 3 amide bonds. The van der Waals surface area contributed by atoms with Gasteiger partial charge in [-0.2, -0.15) is 0 Å². The standard InChI is InChI=1S/C16H21F2N3O2/c1-2-19-15(22)12-6-3-5-11(9-12)10-20-16(23)21-8-4-7-13(21)14(17)18/h3,5-6,9,13-14H,2,4,7-8,10H2,1H3,(H,19,22)(H,20,23)/t13-/m0/s1. The Morgan fingerprint density at radius 2 is 2.13 bits per heavy atom. The number of nitrogens with zero attached hydrogens (tertiary/aromatic N) is 1. The summed E-state index contributed by atoms with van der Waals surface area (Å²) in [5.74, 6) is -0.182. The summed E-state index contributed by atoms with van der Waals surface area (Å²) < 4.78 is 25.7. The van der Waals surface area contributed by atoms with Gasteiger partial charge in [0, 0.05) is 25.2 Å². The molecule has 0 aliphatic carbocycles. The monoisotopic (exact) mass is 325 g/mol. The van der Waals surface area contributed by atoms with Crippen molar-refractivity contribution in [3.8, 4) is 0 Å². The molecule has 0 bridgehead atoms. The second kappa shape index (κ2) is 7.89. The third-order valence-corrected chi connectivity index (χ3v) is 3.82. The first-order valence-corrected chi connectivity index (χ1v) is 7.72. The highest BCUT2D eigenvalue weighted by molar-refractivity contribution is 5.94. The summed E-state index contributed by atoms with van der Waals surface area (Å²) in [5.41, 5.74) is 1.25. The summed E-state index contributed by atoms with van der Waals surface area (Å²) in [5, 5.41) is 5.34. The molecule has 0 aromatic heterocycles. The molecule has 0 radical (unpaired) electrons. The molecule has 1 saturated heterocycles. The van der Waals surface area contributed by atoms with E-state index in [4.69, 9.17) is 0 Å². The van der Waals surface area contributed by atoms with Gasteiger partial charge in [-0.1, -0.05) is 12.1 Å². The Morgan fingerprint density at radius 3 is 2.83 bits per heavy atom. The minimum Gasteiger partial charge on any atom is -0.352 e. The van der Waals surface area contributed by atoms with Crippen molar-refractivity contribution in [1.29, 1.82) is 0 Å². The molecule has 1 aromatic rings. The van der Waals surface area contributed by atoms with Crippen LogP contribution in [0.2, 0.25) is 0 Å². The molecule has 23 heavy (non-hydrogen) atoms. The van der Waals surface area contributed by atoms with Gasteiger partial charge in [-0.15, -0.1) is 0 Å². The van der Waals surface area contributed by atoms with Gasteiger partial charge in [0.15, 0.2) is 0 Å². The third-order valence-electron chi connectivity index (χ3n) is 3.82. The lowest BCUT2D eigenvalue weighted by Crippen LogP contribution is -2.45. The van der Waals surface area contributed by atoms with Gasteiger partial charge in [0.1, 0.15) is 0 Å². The lowest BCUT2D eigenvalue weighted by atomic mass is 10.1. The first-order valence-electron chi connectivity index (χ1n) is 7.72. The third kappa shape index (κ3) is 4.40. The van der Waals surface area contributed by atoms with E-state index in [2.05, 4.69) is 10.6 Å². The van der Waals surface area contributed by atoms with Gasteiger partial charge in [0.2, 0.25) is 0 Å². The van der Waals surface area contributed by atoms with Crippen molar-refractivity contribution in [2.45, 2.75) is 38.8 Å². The van der Waals surface area contributed by atoms with E-state index in [0.717, 1.165) is 5.56 Å². The summed E-state index contributed by atoms with van der Waals surface area (Å²) >= 11 is 0. The number of halogens is 2. The van der Waals surface area contributed by atoms with Gasteiger partial charge >= 0.3 is 6.03 Å². The topological polar surface area (TPSA) is 61.4 Å². The summed E-state index contributed by atoms with van der Waals surface area (Å²) in [6.07, 6.45) is -1.60. The number of carbonyl (C=O) groups excluding carboxylic acids is 2. The normalized spacial score (nSPS) is 17.4. The number of carbonyl (C=O) groups is 2. The fourth-order valence-corrected chi connectivity index (χ4v) is 2.67. The molecular weight excluding hydrogens is 304 g/mol. The van der Waals surface area contributed by atoms with E-state index in [9.17, 15) is 18.4 Å². The number of hydrogen-bond acceptors (Lipinski definition) is 2. The Hall–Kier alpha value is -2.18. The summed E-state index contributed by atoms with van der Waals surface area (Å²) in [7, 11) is 0. The predicted molar refractivity (Wildman–Crippen MR) is 82.4 cm³/mol. The Bertz CT molecular complexity index is 566. The lowest BCUT2D eigenvalue weighted by molar-refractivity contribution is 0.0606. The van der Waals surface area contributed by atoms with Crippen molar-refractivity contribution >= 4 is 11.9 Å². The number of nitrogens with one attached hydrogen (secondary N) is 2. The molecule has 0 saturated carbocycles. The van der Waals surface area contributed by atoms with Crippen LogP contribution in [0.5, 0.6) is 0 Å². The van der Waals surface area contributed by atoms with Gasteiger partial charge in [0.05, 0.1) is 6.04 Å². The molecule has 126 valence electrons. The van der Waals surface area contributed by atoms with Crippen molar-refractivity contribution in [1.82, 2.24) is 15.5 Å². The Morgan fingerprint density at radius 1 is 1.35 bits per heavy atom. The van der Waals surface area contributed by atoms with Crippen molar-refractivity contribution in [2.75, 3.05) is 13.1 Å². The Balaban J connectivity index is 1.94. The summed E-state index contributed by atoms with van der Waals surface area (Å²) in [6, 6.07) is 5.37. The van der Waals surface area contributed by atoms with E-state index in [1.54, 1.807) is 24.3 Å². The van der Waals surface area contributed by atoms with Crippen LogP contribution in [0.15, 0.2) is 24.3 Å². The van der Waals surface area contributed by atoms with Crippen LogP contribution in [-0.4, -0.2) is 42.4 Å². The summed E-state index contributed by atoms with van der Waals surface area (Å²) in [4.78, 5) is 25.0. The van der Waals surface area contributed by atoms with Gasteiger partial charge in [0.25, 0.3) is 12.3 Å². The second-order valence-electron chi connectivity index (χ2n) is 5.46. The van der Waals surface area contributed by atoms with Crippen LogP contribution in [0.25, 0.3) is 0 Å². The van der Waals surface area contributed by atoms with E-state index in [-0.39, 0.29) is 12.5 Å². The molecule has 1 aliphatic heterocycles. The molecule has 2 rings (SSSR count). The zero-order valence-corrected chi connectivity index (χ0v) is 13.0. The average molecular weight is 325 g/mol. The fraction of sp³-hybridized carbons (Fsp3) is 0.500. The maximum atomic E-state index is 12.9. The quantitative estimate of drug-likeness (QED) is 0.873. The van der Waals surface area contributed by atoms with Gasteiger partial charge in [-0.05, 0) is 37.5 Å². The van der Waals surface area contributed by atoms with Gasteiger partial charge < -0.3 is 15.5 Å². The van der Waals surface area contributed by atoms with Crippen molar-refractivity contribution < 1.29 is 18.4 Å². The number of likely N-dealkylation sites (tertiary alicyclic amines) is 1. The predicted octanol–water partition coefficient (Wildman–Crippen LogP) is 2.38. The largest absolute Gasteiger partial charge is 0.352 e. The number of alkyl halides is 2. The van der Waals surface area contributed by atoms with Crippen molar-refractivity contribution in [2.24, 2.45) is 0 Å². The van der Waals surface area contributed by atoms with E-state index in [1.807, 2.05) is 6.92 Å². The maximum absolute atomic E-state index is 12.9. The highest BCUT2D eigenvalue weighted by Crippen LogP contribution is 2.22. The Kier molecular flexibility index (Phi) is 5.90. The first kappa shape index (κ1) is 17.2. The van der Waals surface area contributed by atoms with Gasteiger partial charge in [-0.25, -0.2) is 13.6 Å². The van der Waals surface area contributed by atoms with Crippen LogP contribution in [-0.2, 0) is 6.54 Å². The van der Waals surface area contributed by atoms with Crippen LogP contribution in [0.4, 0.5) is 13.6 Å². The molecule has 7 heteroatoms. The lowest BCUT2D eigenvalue weighted by Gasteiger charge is -2.24. The molecular formula is C16H21F2N3O2. The zero-order valence-electron chi connectivity index (χ0n) is 13.0. The molecule has 0 spiro atoms. The Labute approximate surface area is 134 Å². The highest BCUT2D eigenvalue weighted by atomic mass is 19.3. The van der Waals surface area contributed by atoms with Crippen molar-refractivity contribution in [3.05, 3.63) is 35.4 Å². The van der Waals surface area contributed by atoms with Crippen LogP contribution in [0.1, 0.15) is 35.7 Å². The minimum atomic E-state index is -2.52. The molecule has 1 heterocycles.